The van der Waals surface area contributed by atoms with Crippen LogP contribution in [0.4, 0.5) is 0 Å². The van der Waals surface area contributed by atoms with Crippen LogP contribution >= 0.6 is 0 Å². The molecule has 0 amide bonds. The van der Waals surface area contributed by atoms with E-state index in [2.05, 4.69) is 15.0 Å². The van der Waals surface area contributed by atoms with Gasteiger partial charge in [0.25, 0.3) is 0 Å². The molecule has 0 aliphatic heterocycles. The lowest BCUT2D eigenvalue weighted by Gasteiger charge is -2.02. The molecule has 2 heterocycles. The van der Waals surface area contributed by atoms with Gasteiger partial charge in [-0.1, -0.05) is 0 Å². The summed E-state index contributed by atoms with van der Waals surface area (Å²) >= 11 is 0. The monoisotopic (exact) mass is 217 g/mol. The molecule has 0 saturated carbocycles. The number of methoxy groups -OCH3 is 2. The van der Waals surface area contributed by atoms with Gasteiger partial charge < -0.3 is 9.47 Å². The topological polar surface area (TPSA) is 57.1 Å². The highest BCUT2D eigenvalue weighted by Gasteiger charge is 2.04. The largest absolute Gasteiger partial charge is 0.495 e. The molecular weight excluding hydrogens is 206 g/mol. The van der Waals surface area contributed by atoms with E-state index in [0.717, 1.165) is 0 Å². The lowest BCUT2D eigenvalue weighted by atomic mass is 10.3. The quantitative estimate of drug-likeness (QED) is 0.780. The van der Waals surface area contributed by atoms with E-state index in [9.17, 15) is 0 Å². The number of pyridine rings is 1. The fraction of sp³-hybridized carbons (Fsp3) is 0.182. The van der Waals surface area contributed by atoms with Crippen LogP contribution in [0.15, 0.2) is 30.6 Å². The van der Waals surface area contributed by atoms with Crippen molar-refractivity contribution >= 4 is 0 Å². The predicted octanol–water partition coefficient (Wildman–Crippen LogP) is 1.56. The molecule has 0 unspecified atom stereocenters. The molecule has 0 saturated heterocycles. The fourth-order valence-electron chi connectivity index (χ4n) is 1.21. The number of hydrogen-bond donors (Lipinski definition) is 0. The third kappa shape index (κ3) is 2.08. The van der Waals surface area contributed by atoms with Crippen LogP contribution in [0.5, 0.6) is 11.6 Å². The summed E-state index contributed by atoms with van der Waals surface area (Å²) in [5.41, 5.74) is 0.680. The van der Waals surface area contributed by atoms with Gasteiger partial charge in [-0.3, -0.25) is 0 Å². The lowest BCUT2D eigenvalue weighted by Crippen LogP contribution is -1.94. The highest BCUT2D eigenvalue weighted by molar-refractivity contribution is 5.50. The van der Waals surface area contributed by atoms with Gasteiger partial charge in [0.2, 0.25) is 5.88 Å². The lowest BCUT2D eigenvalue weighted by molar-refractivity contribution is 0.397. The Morgan fingerprint density at radius 1 is 1.00 bits per heavy atom. The first-order valence-corrected chi connectivity index (χ1v) is 4.71. The zero-order chi connectivity index (χ0) is 11.4. The van der Waals surface area contributed by atoms with Crippen molar-refractivity contribution in [2.24, 2.45) is 0 Å². The minimum absolute atomic E-state index is 0.516. The van der Waals surface area contributed by atoms with Crippen LogP contribution in [-0.2, 0) is 0 Å². The first kappa shape index (κ1) is 10.4. The number of aromatic nitrogens is 3. The Kier molecular flexibility index (Phi) is 2.95. The van der Waals surface area contributed by atoms with Crippen molar-refractivity contribution in [1.82, 2.24) is 15.0 Å². The van der Waals surface area contributed by atoms with E-state index in [0.29, 0.717) is 23.1 Å². The molecule has 16 heavy (non-hydrogen) atoms. The minimum Gasteiger partial charge on any atom is -0.495 e. The van der Waals surface area contributed by atoms with E-state index >= 15 is 0 Å². The van der Waals surface area contributed by atoms with Crippen molar-refractivity contribution in [3.05, 3.63) is 30.6 Å². The van der Waals surface area contributed by atoms with Crippen molar-refractivity contribution < 1.29 is 9.47 Å². The maximum absolute atomic E-state index is 5.02. The second kappa shape index (κ2) is 4.57. The van der Waals surface area contributed by atoms with Crippen molar-refractivity contribution in [2.75, 3.05) is 14.2 Å². The van der Waals surface area contributed by atoms with Crippen LogP contribution in [0.2, 0.25) is 0 Å². The van der Waals surface area contributed by atoms with Gasteiger partial charge in [0.15, 0.2) is 5.82 Å². The number of ether oxygens (including phenoxy) is 2. The van der Waals surface area contributed by atoms with Crippen LogP contribution in [0.3, 0.4) is 0 Å². The molecule has 0 radical (unpaired) electrons. The molecule has 0 atom stereocenters. The molecule has 0 bridgehead atoms. The summed E-state index contributed by atoms with van der Waals surface area (Å²) in [7, 11) is 3.16. The van der Waals surface area contributed by atoms with Crippen molar-refractivity contribution in [3.8, 4) is 23.1 Å². The summed E-state index contributed by atoms with van der Waals surface area (Å²) in [5, 5.41) is 0. The predicted molar refractivity (Wildman–Crippen MR) is 58.4 cm³/mol. The highest BCUT2D eigenvalue weighted by Crippen LogP contribution is 2.17. The van der Waals surface area contributed by atoms with Gasteiger partial charge in [-0.05, 0) is 12.1 Å². The molecule has 0 fully saturated rings. The van der Waals surface area contributed by atoms with Crippen LogP contribution in [0, 0.1) is 0 Å². The molecule has 0 aliphatic carbocycles. The molecule has 0 N–H and O–H groups in total. The van der Waals surface area contributed by atoms with Crippen molar-refractivity contribution in [2.45, 2.75) is 0 Å². The number of rotatable bonds is 3. The molecule has 0 aromatic carbocycles. The normalized spacial score (nSPS) is 9.88. The van der Waals surface area contributed by atoms with E-state index in [1.807, 2.05) is 6.07 Å². The van der Waals surface area contributed by atoms with Crippen molar-refractivity contribution in [3.63, 3.8) is 0 Å². The van der Waals surface area contributed by atoms with Gasteiger partial charge in [-0.25, -0.2) is 9.97 Å². The molecular formula is C11H11N3O2. The Labute approximate surface area is 93.1 Å². The van der Waals surface area contributed by atoms with E-state index in [4.69, 9.17) is 9.47 Å². The fourth-order valence-corrected chi connectivity index (χ4v) is 1.21. The summed E-state index contributed by atoms with van der Waals surface area (Å²) in [6.07, 6.45) is 3.26. The van der Waals surface area contributed by atoms with Crippen molar-refractivity contribution in [1.29, 1.82) is 0 Å². The van der Waals surface area contributed by atoms with Gasteiger partial charge >= 0.3 is 0 Å². The van der Waals surface area contributed by atoms with Gasteiger partial charge in [0, 0.05) is 12.3 Å². The number of nitrogens with zero attached hydrogens (tertiary/aromatic N) is 3. The molecule has 2 rings (SSSR count). The second-order valence-electron chi connectivity index (χ2n) is 3.01. The summed E-state index contributed by atoms with van der Waals surface area (Å²) in [6, 6.07) is 5.30. The average molecular weight is 217 g/mol. The summed E-state index contributed by atoms with van der Waals surface area (Å²) < 4.78 is 10.0. The Balaban J connectivity index is 2.34. The summed E-state index contributed by atoms with van der Waals surface area (Å²) in [5.74, 6) is 1.75. The first-order chi connectivity index (χ1) is 7.83. The van der Waals surface area contributed by atoms with E-state index in [1.54, 1.807) is 38.7 Å². The molecule has 0 spiro atoms. The van der Waals surface area contributed by atoms with Crippen LogP contribution in [0.1, 0.15) is 0 Å². The number of hydrogen-bond acceptors (Lipinski definition) is 5. The zero-order valence-electron chi connectivity index (χ0n) is 9.04. The van der Waals surface area contributed by atoms with Gasteiger partial charge in [-0.2, -0.15) is 4.98 Å². The van der Waals surface area contributed by atoms with Gasteiger partial charge in [0.05, 0.1) is 20.4 Å². The zero-order valence-corrected chi connectivity index (χ0v) is 9.04. The molecule has 5 nitrogen and oxygen atoms in total. The summed E-state index contributed by atoms with van der Waals surface area (Å²) in [4.78, 5) is 12.5. The summed E-state index contributed by atoms with van der Waals surface area (Å²) in [6.45, 7) is 0. The SMILES string of the molecule is COc1ccc(-c2nccc(OC)n2)nc1. The molecule has 0 aliphatic rings. The van der Waals surface area contributed by atoms with Crippen LogP contribution < -0.4 is 9.47 Å². The van der Waals surface area contributed by atoms with E-state index in [-0.39, 0.29) is 0 Å². The smallest absolute Gasteiger partial charge is 0.216 e. The molecule has 5 heteroatoms. The Hall–Kier alpha value is -2.17. The molecule has 2 aromatic heterocycles. The standard InChI is InChI=1S/C11H11N3O2/c1-15-8-3-4-9(13-7-8)11-12-6-5-10(14-11)16-2/h3-7H,1-2H3. The maximum Gasteiger partial charge on any atom is 0.216 e. The first-order valence-electron chi connectivity index (χ1n) is 4.71. The average Bonchev–Trinajstić information content (AvgIpc) is 2.39. The van der Waals surface area contributed by atoms with Crippen LogP contribution in [0.25, 0.3) is 11.5 Å². The maximum atomic E-state index is 5.02. The van der Waals surface area contributed by atoms with E-state index in [1.165, 1.54) is 0 Å². The third-order valence-electron chi connectivity index (χ3n) is 2.04. The van der Waals surface area contributed by atoms with Gasteiger partial charge in [0.1, 0.15) is 11.4 Å². The molecule has 82 valence electrons. The molecule has 2 aromatic rings. The second-order valence-corrected chi connectivity index (χ2v) is 3.01. The Morgan fingerprint density at radius 2 is 1.88 bits per heavy atom. The third-order valence-corrected chi connectivity index (χ3v) is 2.04. The van der Waals surface area contributed by atoms with E-state index < -0.39 is 0 Å². The Morgan fingerprint density at radius 3 is 2.50 bits per heavy atom. The minimum atomic E-state index is 0.516. The van der Waals surface area contributed by atoms with Crippen LogP contribution in [-0.4, -0.2) is 29.2 Å². The van der Waals surface area contributed by atoms with Gasteiger partial charge in [-0.15, -0.1) is 0 Å². The Bertz CT molecular complexity index is 471. The highest BCUT2D eigenvalue weighted by atomic mass is 16.5.